The summed E-state index contributed by atoms with van der Waals surface area (Å²) in [5.41, 5.74) is 12.8. The molecule has 5 N–H and O–H groups in total. The molecule has 1 aromatic carbocycles. The molecule has 0 radical (unpaired) electrons. The van der Waals surface area contributed by atoms with Crippen LogP contribution >= 0.6 is 11.6 Å². The van der Waals surface area contributed by atoms with Crippen LogP contribution in [0.3, 0.4) is 0 Å². The Balaban J connectivity index is 2.39. The maximum absolute atomic E-state index is 10.5. The van der Waals surface area contributed by atoms with Crippen LogP contribution in [0, 0.1) is 4.91 Å². The topological polar surface area (TPSA) is 119 Å². The van der Waals surface area contributed by atoms with Gasteiger partial charge in [-0.2, -0.15) is 0 Å². The van der Waals surface area contributed by atoms with Gasteiger partial charge in [-0.25, -0.2) is 9.97 Å². The number of nitrogens with zero attached hydrogens (tertiary/aromatic N) is 3. The normalized spacial score (nSPS) is 10.1. The van der Waals surface area contributed by atoms with Crippen LogP contribution in [0.1, 0.15) is 0 Å². The standard InChI is InChI=1S/C10H9ClN6O/c11-9-8(13)10(15-4-14-9)16-7-3-5(17-18)1-2-6(7)12/h1-4H,12-13H2,(H,14,15,16). The van der Waals surface area contributed by atoms with E-state index >= 15 is 0 Å². The molecular formula is C10H9ClN6O. The third kappa shape index (κ3) is 2.30. The first-order chi connectivity index (χ1) is 8.61. The summed E-state index contributed by atoms with van der Waals surface area (Å²) in [5, 5.41) is 5.82. The molecule has 0 amide bonds. The highest BCUT2D eigenvalue weighted by Crippen LogP contribution is 2.30. The quantitative estimate of drug-likeness (QED) is 0.445. The van der Waals surface area contributed by atoms with Crippen molar-refractivity contribution < 1.29 is 0 Å². The van der Waals surface area contributed by atoms with Gasteiger partial charge in [0.2, 0.25) is 0 Å². The number of nitroso groups, excluding NO2 is 1. The van der Waals surface area contributed by atoms with E-state index < -0.39 is 0 Å². The first kappa shape index (κ1) is 12.1. The van der Waals surface area contributed by atoms with Gasteiger partial charge in [0.1, 0.15) is 17.7 Å². The number of halogens is 1. The van der Waals surface area contributed by atoms with Gasteiger partial charge in [0.15, 0.2) is 11.0 Å². The Morgan fingerprint density at radius 2 is 2.06 bits per heavy atom. The minimum absolute atomic E-state index is 0.135. The summed E-state index contributed by atoms with van der Waals surface area (Å²) >= 11 is 5.76. The summed E-state index contributed by atoms with van der Waals surface area (Å²) in [6, 6.07) is 4.54. The van der Waals surface area contributed by atoms with Crippen molar-refractivity contribution in [3.8, 4) is 0 Å². The smallest absolute Gasteiger partial charge is 0.158 e. The fraction of sp³-hybridized carbons (Fsp3) is 0. The lowest BCUT2D eigenvalue weighted by Gasteiger charge is -2.10. The van der Waals surface area contributed by atoms with E-state index in [0.717, 1.165) is 0 Å². The first-order valence-electron chi connectivity index (χ1n) is 4.87. The fourth-order valence-electron chi connectivity index (χ4n) is 1.31. The molecule has 92 valence electrons. The lowest BCUT2D eigenvalue weighted by atomic mass is 10.2. The maximum Gasteiger partial charge on any atom is 0.158 e. The van der Waals surface area contributed by atoms with Crippen molar-refractivity contribution in [1.29, 1.82) is 0 Å². The highest BCUT2D eigenvalue weighted by atomic mass is 35.5. The van der Waals surface area contributed by atoms with Crippen molar-refractivity contribution in [3.63, 3.8) is 0 Å². The molecule has 1 aromatic heterocycles. The zero-order chi connectivity index (χ0) is 13.1. The summed E-state index contributed by atoms with van der Waals surface area (Å²) in [6.45, 7) is 0. The summed E-state index contributed by atoms with van der Waals surface area (Å²) in [6.07, 6.45) is 1.26. The predicted octanol–water partition coefficient (Wildman–Crippen LogP) is 2.44. The molecule has 0 bridgehead atoms. The van der Waals surface area contributed by atoms with Crippen LogP contribution < -0.4 is 16.8 Å². The molecule has 8 heteroatoms. The number of hydrogen-bond acceptors (Lipinski definition) is 7. The molecule has 0 unspecified atom stereocenters. The lowest BCUT2D eigenvalue weighted by molar-refractivity contribution is 1.17. The average molecular weight is 265 g/mol. The van der Waals surface area contributed by atoms with Gasteiger partial charge < -0.3 is 16.8 Å². The summed E-state index contributed by atoms with van der Waals surface area (Å²) in [5.74, 6) is 0.310. The molecule has 0 aliphatic heterocycles. The molecule has 0 atom stereocenters. The van der Waals surface area contributed by atoms with Crippen molar-refractivity contribution in [3.05, 3.63) is 34.6 Å². The number of hydrogen-bond donors (Lipinski definition) is 3. The van der Waals surface area contributed by atoms with E-state index in [1.54, 1.807) is 6.07 Å². The van der Waals surface area contributed by atoms with Crippen LogP contribution in [0.25, 0.3) is 0 Å². The second kappa shape index (κ2) is 4.84. The van der Waals surface area contributed by atoms with Crippen LogP contribution in [-0.4, -0.2) is 9.97 Å². The molecule has 2 rings (SSSR count). The van der Waals surface area contributed by atoms with Crippen LogP contribution in [0.4, 0.5) is 28.6 Å². The Bertz CT molecular complexity index is 603. The highest BCUT2D eigenvalue weighted by Gasteiger charge is 2.08. The van der Waals surface area contributed by atoms with E-state index in [2.05, 4.69) is 20.5 Å². The molecule has 18 heavy (non-hydrogen) atoms. The van der Waals surface area contributed by atoms with Crippen LogP contribution in [0.5, 0.6) is 0 Å². The van der Waals surface area contributed by atoms with Crippen LogP contribution in [0.15, 0.2) is 29.7 Å². The van der Waals surface area contributed by atoms with Crippen molar-refractivity contribution in [2.75, 3.05) is 16.8 Å². The molecule has 0 aliphatic rings. The van der Waals surface area contributed by atoms with Gasteiger partial charge in [0, 0.05) is 0 Å². The van der Waals surface area contributed by atoms with E-state index in [-0.39, 0.29) is 16.5 Å². The first-order valence-corrected chi connectivity index (χ1v) is 5.25. The van der Waals surface area contributed by atoms with Crippen molar-refractivity contribution in [2.24, 2.45) is 5.18 Å². The second-order valence-electron chi connectivity index (χ2n) is 3.41. The fourth-order valence-corrected chi connectivity index (χ4v) is 1.44. The van der Waals surface area contributed by atoms with E-state index in [4.69, 9.17) is 23.1 Å². The highest BCUT2D eigenvalue weighted by molar-refractivity contribution is 6.32. The number of nitrogen functional groups attached to an aromatic ring is 2. The Kier molecular flexibility index (Phi) is 3.24. The monoisotopic (exact) mass is 264 g/mol. The van der Waals surface area contributed by atoms with E-state index in [1.165, 1.54) is 18.5 Å². The minimum atomic E-state index is 0.135. The van der Waals surface area contributed by atoms with Crippen molar-refractivity contribution in [1.82, 2.24) is 9.97 Å². The minimum Gasteiger partial charge on any atom is -0.397 e. The van der Waals surface area contributed by atoms with Gasteiger partial charge in [0.05, 0.1) is 11.4 Å². The number of nitrogens with one attached hydrogen (secondary N) is 1. The Labute approximate surface area is 107 Å². The summed E-state index contributed by atoms with van der Waals surface area (Å²) in [7, 11) is 0. The van der Waals surface area contributed by atoms with Crippen molar-refractivity contribution >= 4 is 40.2 Å². The van der Waals surface area contributed by atoms with Gasteiger partial charge in [-0.15, -0.1) is 4.91 Å². The summed E-state index contributed by atoms with van der Waals surface area (Å²) in [4.78, 5) is 18.1. The Morgan fingerprint density at radius 3 is 2.78 bits per heavy atom. The molecule has 2 aromatic rings. The molecule has 0 saturated carbocycles. The molecule has 0 saturated heterocycles. The molecule has 0 fully saturated rings. The largest absolute Gasteiger partial charge is 0.397 e. The van der Waals surface area contributed by atoms with Gasteiger partial charge >= 0.3 is 0 Å². The van der Waals surface area contributed by atoms with E-state index in [9.17, 15) is 4.91 Å². The van der Waals surface area contributed by atoms with Crippen molar-refractivity contribution in [2.45, 2.75) is 0 Å². The second-order valence-corrected chi connectivity index (χ2v) is 3.77. The summed E-state index contributed by atoms with van der Waals surface area (Å²) < 4.78 is 0. The number of rotatable bonds is 3. The lowest BCUT2D eigenvalue weighted by Crippen LogP contribution is -2.02. The maximum atomic E-state index is 10.5. The number of benzene rings is 1. The zero-order valence-electron chi connectivity index (χ0n) is 9.09. The van der Waals surface area contributed by atoms with E-state index in [0.29, 0.717) is 17.2 Å². The van der Waals surface area contributed by atoms with Gasteiger partial charge in [0.25, 0.3) is 0 Å². The SMILES string of the molecule is Nc1ccc(N=O)cc1Nc1ncnc(Cl)c1N. The average Bonchev–Trinajstić information content (AvgIpc) is 2.37. The third-order valence-corrected chi connectivity index (χ3v) is 2.53. The van der Waals surface area contributed by atoms with Gasteiger partial charge in [-0.1, -0.05) is 11.6 Å². The van der Waals surface area contributed by atoms with E-state index in [1.807, 2.05) is 0 Å². The Hall–Kier alpha value is -2.41. The van der Waals surface area contributed by atoms with Gasteiger partial charge in [-0.3, -0.25) is 0 Å². The number of aromatic nitrogens is 2. The van der Waals surface area contributed by atoms with Gasteiger partial charge in [-0.05, 0) is 23.4 Å². The molecule has 0 aliphatic carbocycles. The number of anilines is 4. The predicted molar refractivity (Wildman–Crippen MR) is 71.0 cm³/mol. The molecule has 7 nitrogen and oxygen atoms in total. The number of nitrogens with two attached hydrogens (primary N) is 2. The molecule has 1 heterocycles. The van der Waals surface area contributed by atoms with Crippen LogP contribution in [-0.2, 0) is 0 Å². The molecular weight excluding hydrogens is 256 g/mol. The third-order valence-electron chi connectivity index (χ3n) is 2.23. The Morgan fingerprint density at radius 1 is 1.28 bits per heavy atom. The van der Waals surface area contributed by atoms with Crippen LogP contribution in [0.2, 0.25) is 5.15 Å². The zero-order valence-corrected chi connectivity index (χ0v) is 9.85. The molecule has 0 spiro atoms.